The van der Waals surface area contributed by atoms with Crippen LogP contribution in [0.3, 0.4) is 0 Å². The Morgan fingerprint density at radius 1 is 1.27 bits per heavy atom. The number of sulfone groups is 1. The van der Waals surface area contributed by atoms with Gasteiger partial charge in [0.15, 0.2) is 9.84 Å². The first-order valence-corrected chi connectivity index (χ1v) is 9.29. The minimum absolute atomic E-state index is 0.110. The van der Waals surface area contributed by atoms with Crippen LogP contribution in [0.15, 0.2) is 24.3 Å². The predicted molar refractivity (Wildman–Crippen MR) is 83.7 cm³/mol. The van der Waals surface area contributed by atoms with Crippen LogP contribution >= 0.6 is 0 Å². The summed E-state index contributed by atoms with van der Waals surface area (Å²) < 4.78 is 24.2. The summed E-state index contributed by atoms with van der Waals surface area (Å²) in [6.45, 7) is 0. The molecular weight excluding hydrogens is 300 g/mol. The molecule has 0 unspecified atom stereocenters. The van der Waals surface area contributed by atoms with Gasteiger partial charge in [-0.15, -0.1) is 0 Å². The van der Waals surface area contributed by atoms with Crippen LogP contribution in [0.5, 0.6) is 0 Å². The van der Waals surface area contributed by atoms with Gasteiger partial charge in [-0.1, -0.05) is 31.4 Å². The van der Waals surface area contributed by atoms with Crippen LogP contribution in [0.4, 0.5) is 0 Å². The molecule has 0 heterocycles. The van der Waals surface area contributed by atoms with Crippen LogP contribution in [0.2, 0.25) is 0 Å². The zero-order valence-corrected chi connectivity index (χ0v) is 13.2. The standard InChI is InChI=1S/C16H20N2O3S/c17-10-13-5-4-6-14(9-13)11-22(20,21)12-16(19)18-15-7-2-1-3-8-15/h4-6,9,15H,1-3,7-8,11-12H2,(H,18,19). The van der Waals surface area contributed by atoms with Crippen molar-refractivity contribution >= 4 is 15.7 Å². The van der Waals surface area contributed by atoms with Gasteiger partial charge in [-0.3, -0.25) is 4.79 Å². The van der Waals surface area contributed by atoms with E-state index in [1.54, 1.807) is 18.2 Å². The molecule has 1 aliphatic rings. The van der Waals surface area contributed by atoms with Crippen LogP contribution < -0.4 is 5.32 Å². The molecule has 0 aromatic heterocycles. The minimum Gasteiger partial charge on any atom is -0.352 e. The van der Waals surface area contributed by atoms with Crippen LogP contribution in [0.1, 0.15) is 43.2 Å². The van der Waals surface area contributed by atoms with E-state index in [-0.39, 0.29) is 11.8 Å². The third-order valence-electron chi connectivity index (χ3n) is 3.76. The van der Waals surface area contributed by atoms with Gasteiger partial charge >= 0.3 is 0 Å². The van der Waals surface area contributed by atoms with E-state index in [2.05, 4.69) is 5.32 Å². The van der Waals surface area contributed by atoms with Crippen LogP contribution in [-0.4, -0.2) is 26.1 Å². The molecular formula is C16H20N2O3S. The Kier molecular flexibility index (Phi) is 5.56. The molecule has 0 bridgehead atoms. The van der Waals surface area contributed by atoms with Gasteiger partial charge in [0.2, 0.25) is 5.91 Å². The van der Waals surface area contributed by atoms with Gasteiger partial charge in [-0.05, 0) is 30.5 Å². The van der Waals surface area contributed by atoms with E-state index in [0.29, 0.717) is 11.1 Å². The molecule has 2 rings (SSSR count). The lowest BCUT2D eigenvalue weighted by atomic mass is 9.95. The van der Waals surface area contributed by atoms with E-state index in [4.69, 9.17) is 5.26 Å². The molecule has 1 aliphatic carbocycles. The predicted octanol–water partition coefficient (Wildman–Crippen LogP) is 1.92. The summed E-state index contributed by atoms with van der Waals surface area (Å²) in [5, 5.41) is 11.6. The molecule has 0 spiro atoms. The highest BCUT2D eigenvalue weighted by molar-refractivity contribution is 7.91. The number of amides is 1. The second-order valence-electron chi connectivity index (χ2n) is 5.75. The molecule has 5 nitrogen and oxygen atoms in total. The number of nitrogens with one attached hydrogen (secondary N) is 1. The Labute approximate surface area is 131 Å². The van der Waals surface area contributed by atoms with Crippen LogP contribution in [0, 0.1) is 11.3 Å². The summed E-state index contributed by atoms with van der Waals surface area (Å²) in [6, 6.07) is 8.53. The Bertz CT molecular complexity index is 671. The molecule has 0 aliphatic heterocycles. The molecule has 22 heavy (non-hydrogen) atoms. The maximum absolute atomic E-state index is 12.1. The summed E-state index contributed by atoms with van der Waals surface area (Å²) in [4.78, 5) is 11.9. The fourth-order valence-corrected chi connectivity index (χ4v) is 4.02. The lowest BCUT2D eigenvalue weighted by molar-refractivity contribution is -0.119. The Hall–Kier alpha value is -1.87. The van der Waals surface area contributed by atoms with Crippen molar-refractivity contribution in [3.8, 4) is 6.07 Å². The summed E-state index contributed by atoms with van der Waals surface area (Å²) in [7, 11) is -3.53. The molecule has 6 heteroatoms. The van der Waals surface area contributed by atoms with Gasteiger partial charge in [-0.25, -0.2) is 8.42 Å². The van der Waals surface area contributed by atoms with Crippen molar-refractivity contribution in [2.75, 3.05) is 5.75 Å². The molecule has 118 valence electrons. The molecule has 0 atom stereocenters. The smallest absolute Gasteiger partial charge is 0.235 e. The first kappa shape index (κ1) is 16.5. The third kappa shape index (κ3) is 5.15. The third-order valence-corrected chi connectivity index (χ3v) is 5.24. The van der Waals surface area contributed by atoms with Crippen molar-refractivity contribution in [3.63, 3.8) is 0 Å². The summed E-state index contributed by atoms with van der Waals surface area (Å²) in [6.07, 6.45) is 5.20. The zero-order valence-electron chi connectivity index (χ0n) is 12.4. The van der Waals surface area contributed by atoms with Gasteiger partial charge in [0.1, 0.15) is 5.75 Å². The van der Waals surface area contributed by atoms with Crippen molar-refractivity contribution in [3.05, 3.63) is 35.4 Å². The summed E-state index contributed by atoms with van der Waals surface area (Å²) in [5.41, 5.74) is 0.948. The summed E-state index contributed by atoms with van der Waals surface area (Å²) in [5.74, 6) is -1.15. The average Bonchev–Trinajstić information content (AvgIpc) is 2.47. The number of carbonyl (C=O) groups is 1. The van der Waals surface area contributed by atoms with E-state index >= 15 is 0 Å². The average molecular weight is 320 g/mol. The highest BCUT2D eigenvalue weighted by Crippen LogP contribution is 2.17. The topological polar surface area (TPSA) is 87.0 Å². The number of rotatable bonds is 5. The number of nitriles is 1. The fraction of sp³-hybridized carbons (Fsp3) is 0.500. The van der Waals surface area contributed by atoms with Crippen molar-refractivity contribution < 1.29 is 13.2 Å². The van der Waals surface area contributed by atoms with Crippen molar-refractivity contribution in [2.24, 2.45) is 0 Å². The SMILES string of the molecule is N#Cc1cccc(CS(=O)(=O)CC(=O)NC2CCCCC2)c1. The molecule has 0 saturated heterocycles. The molecule has 0 radical (unpaired) electrons. The van der Waals surface area contributed by atoms with E-state index in [9.17, 15) is 13.2 Å². The molecule has 1 fully saturated rings. The van der Waals surface area contributed by atoms with E-state index in [0.717, 1.165) is 25.7 Å². The number of nitrogens with zero attached hydrogens (tertiary/aromatic N) is 1. The van der Waals surface area contributed by atoms with Crippen LogP contribution in [0.25, 0.3) is 0 Å². The van der Waals surface area contributed by atoms with E-state index < -0.39 is 21.5 Å². The lowest BCUT2D eigenvalue weighted by Crippen LogP contribution is -2.39. The molecule has 1 amide bonds. The first-order chi connectivity index (χ1) is 10.5. The minimum atomic E-state index is -3.53. The van der Waals surface area contributed by atoms with Crippen molar-refractivity contribution in [1.29, 1.82) is 5.26 Å². The maximum atomic E-state index is 12.1. The lowest BCUT2D eigenvalue weighted by Gasteiger charge is -2.22. The molecule has 1 aromatic rings. The first-order valence-electron chi connectivity index (χ1n) is 7.47. The van der Waals surface area contributed by atoms with Gasteiger partial charge < -0.3 is 5.32 Å². The number of carbonyl (C=O) groups excluding carboxylic acids is 1. The Morgan fingerprint density at radius 2 is 2.00 bits per heavy atom. The number of hydrogen-bond donors (Lipinski definition) is 1. The Balaban J connectivity index is 1.92. The fourth-order valence-electron chi connectivity index (χ4n) is 2.75. The highest BCUT2D eigenvalue weighted by Gasteiger charge is 2.21. The molecule has 1 aromatic carbocycles. The number of hydrogen-bond acceptors (Lipinski definition) is 4. The largest absolute Gasteiger partial charge is 0.352 e. The van der Waals surface area contributed by atoms with Gasteiger partial charge in [0.25, 0.3) is 0 Å². The normalized spacial score (nSPS) is 16.0. The van der Waals surface area contributed by atoms with Crippen LogP contribution in [-0.2, 0) is 20.4 Å². The van der Waals surface area contributed by atoms with E-state index in [1.807, 2.05) is 6.07 Å². The zero-order chi connectivity index (χ0) is 16.0. The summed E-state index contributed by atoms with van der Waals surface area (Å²) >= 11 is 0. The van der Waals surface area contributed by atoms with Gasteiger partial charge in [0, 0.05) is 6.04 Å². The van der Waals surface area contributed by atoms with E-state index in [1.165, 1.54) is 12.5 Å². The van der Waals surface area contributed by atoms with Gasteiger partial charge in [0.05, 0.1) is 17.4 Å². The monoisotopic (exact) mass is 320 g/mol. The molecule has 1 saturated carbocycles. The second kappa shape index (κ2) is 7.41. The van der Waals surface area contributed by atoms with Crippen molar-refractivity contribution in [2.45, 2.75) is 43.9 Å². The Morgan fingerprint density at radius 3 is 2.68 bits per heavy atom. The molecule has 1 N–H and O–H groups in total. The highest BCUT2D eigenvalue weighted by atomic mass is 32.2. The second-order valence-corrected chi connectivity index (χ2v) is 7.81. The number of benzene rings is 1. The quantitative estimate of drug-likeness (QED) is 0.898. The maximum Gasteiger partial charge on any atom is 0.235 e. The van der Waals surface area contributed by atoms with Gasteiger partial charge in [-0.2, -0.15) is 5.26 Å². The van der Waals surface area contributed by atoms with Crippen molar-refractivity contribution in [1.82, 2.24) is 5.32 Å².